The number of aliphatic hydroxyl groups is 1. The Morgan fingerprint density at radius 1 is 1.53 bits per heavy atom. The Hall–Kier alpha value is -0.320. The molecule has 0 aromatic rings. The smallest absolute Gasteiger partial charge is 0.239 e. The molecule has 0 bridgehead atoms. The standard InChI is InChI=1S/C12H26N2O2.ClH/c1-4-7-12(3,13)11(16)14-8-5-6-10(2)9-15;/h10,15H,4-9,13H2,1-3H3,(H,14,16);1H. The molecule has 0 aromatic heterocycles. The molecule has 0 radical (unpaired) electrons. The van der Waals surface area contributed by atoms with Crippen LogP contribution in [0.5, 0.6) is 0 Å². The molecule has 0 aliphatic heterocycles. The minimum atomic E-state index is -0.753. The van der Waals surface area contributed by atoms with E-state index in [4.69, 9.17) is 10.8 Å². The number of amides is 1. The van der Waals surface area contributed by atoms with Gasteiger partial charge < -0.3 is 16.2 Å². The van der Waals surface area contributed by atoms with Crippen LogP contribution in [0.1, 0.15) is 46.5 Å². The second kappa shape index (κ2) is 9.68. The fourth-order valence-corrected chi connectivity index (χ4v) is 1.58. The molecule has 0 saturated carbocycles. The quantitative estimate of drug-likeness (QED) is 0.582. The van der Waals surface area contributed by atoms with E-state index in [1.165, 1.54) is 0 Å². The van der Waals surface area contributed by atoms with Crippen molar-refractivity contribution >= 4 is 18.3 Å². The number of hydrogen-bond acceptors (Lipinski definition) is 3. The molecule has 104 valence electrons. The summed E-state index contributed by atoms with van der Waals surface area (Å²) in [6.45, 7) is 6.62. The van der Waals surface area contributed by atoms with Gasteiger partial charge in [-0.2, -0.15) is 0 Å². The summed E-state index contributed by atoms with van der Waals surface area (Å²) in [7, 11) is 0. The molecule has 0 aliphatic rings. The summed E-state index contributed by atoms with van der Waals surface area (Å²) in [4.78, 5) is 11.7. The maximum atomic E-state index is 11.7. The SMILES string of the molecule is CCCC(C)(N)C(=O)NCCCC(C)CO.Cl. The van der Waals surface area contributed by atoms with Gasteiger partial charge in [0.2, 0.25) is 5.91 Å². The Balaban J connectivity index is 0. The monoisotopic (exact) mass is 266 g/mol. The molecule has 17 heavy (non-hydrogen) atoms. The number of carbonyl (C=O) groups excluding carboxylic acids is 1. The third-order valence-electron chi connectivity index (χ3n) is 2.76. The van der Waals surface area contributed by atoms with E-state index in [-0.39, 0.29) is 24.9 Å². The van der Waals surface area contributed by atoms with Crippen molar-refractivity contribution < 1.29 is 9.90 Å². The predicted molar refractivity (Wildman–Crippen MR) is 73.2 cm³/mol. The predicted octanol–water partition coefficient (Wildman–Crippen LogP) is 1.45. The van der Waals surface area contributed by atoms with E-state index in [9.17, 15) is 4.79 Å². The van der Waals surface area contributed by atoms with Crippen molar-refractivity contribution in [3.8, 4) is 0 Å². The van der Waals surface area contributed by atoms with Crippen molar-refractivity contribution in [1.29, 1.82) is 0 Å². The van der Waals surface area contributed by atoms with Crippen LogP contribution in [0, 0.1) is 5.92 Å². The van der Waals surface area contributed by atoms with Gasteiger partial charge in [0.25, 0.3) is 0 Å². The maximum Gasteiger partial charge on any atom is 0.239 e. The molecule has 0 aliphatic carbocycles. The molecule has 5 heteroatoms. The van der Waals surface area contributed by atoms with E-state index in [1.54, 1.807) is 6.92 Å². The zero-order valence-corrected chi connectivity index (χ0v) is 12.0. The van der Waals surface area contributed by atoms with Gasteiger partial charge in [0.15, 0.2) is 0 Å². The highest BCUT2D eigenvalue weighted by molar-refractivity contribution is 5.85. The zero-order chi connectivity index (χ0) is 12.6. The van der Waals surface area contributed by atoms with Gasteiger partial charge in [0.05, 0.1) is 5.54 Å². The first-order chi connectivity index (χ1) is 7.44. The van der Waals surface area contributed by atoms with Crippen molar-refractivity contribution in [1.82, 2.24) is 5.32 Å². The minimum absolute atomic E-state index is 0. The first-order valence-electron chi connectivity index (χ1n) is 6.12. The highest BCUT2D eigenvalue weighted by Crippen LogP contribution is 2.08. The van der Waals surface area contributed by atoms with E-state index in [0.717, 1.165) is 19.3 Å². The normalized spacial score (nSPS) is 15.6. The maximum absolute atomic E-state index is 11.7. The van der Waals surface area contributed by atoms with Crippen LogP contribution in [0.2, 0.25) is 0 Å². The van der Waals surface area contributed by atoms with E-state index in [1.807, 2.05) is 13.8 Å². The Morgan fingerprint density at radius 2 is 2.12 bits per heavy atom. The van der Waals surface area contributed by atoms with Crippen molar-refractivity contribution in [2.75, 3.05) is 13.2 Å². The number of halogens is 1. The van der Waals surface area contributed by atoms with E-state index < -0.39 is 5.54 Å². The van der Waals surface area contributed by atoms with Gasteiger partial charge in [-0.15, -0.1) is 12.4 Å². The molecule has 0 aromatic carbocycles. The topological polar surface area (TPSA) is 75.4 Å². The number of nitrogens with two attached hydrogens (primary N) is 1. The average Bonchev–Trinajstić information content (AvgIpc) is 2.23. The highest BCUT2D eigenvalue weighted by Gasteiger charge is 2.26. The lowest BCUT2D eigenvalue weighted by Crippen LogP contribution is -2.51. The molecule has 2 atom stereocenters. The van der Waals surface area contributed by atoms with Crippen LogP contribution in [0.15, 0.2) is 0 Å². The summed E-state index contributed by atoms with van der Waals surface area (Å²) in [6.07, 6.45) is 3.41. The number of aliphatic hydroxyl groups excluding tert-OH is 1. The van der Waals surface area contributed by atoms with Crippen LogP contribution < -0.4 is 11.1 Å². The lowest BCUT2D eigenvalue weighted by molar-refractivity contribution is -0.126. The fraction of sp³-hybridized carbons (Fsp3) is 0.917. The van der Waals surface area contributed by atoms with Crippen molar-refractivity contribution in [2.45, 2.75) is 52.0 Å². The van der Waals surface area contributed by atoms with Crippen molar-refractivity contribution in [3.05, 3.63) is 0 Å². The molecule has 4 nitrogen and oxygen atoms in total. The summed E-state index contributed by atoms with van der Waals surface area (Å²) in [5.74, 6) is 0.225. The van der Waals surface area contributed by atoms with Gasteiger partial charge in [-0.1, -0.05) is 20.3 Å². The molecule has 1 amide bonds. The van der Waals surface area contributed by atoms with E-state index in [0.29, 0.717) is 18.9 Å². The van der Waals surface area contributed by atoms with Gasteiger partial charge in [-0.05, 0) is 32.1 Å². The lowest BCUT2D eigenvalue weighted by Gasteiger charge is -2.22. The molecule has 0 heterocycles. The van der Waals surface area contributed by atoms with Crippen LogP contribution >= 0.6 is 12.4 Å². The summed E-state index contributed by atoms with van der Waals surface area (Å²) in [5, 5.41) is 11.7. The van der Waals surface area contributed by atoms with Crippen LogP contribution in [-0.2, 0) is 4.79 Å². The van der Waals surface area contributed by atoms with Gasteiger partial charge in [0, 0.05) is 13.2 Å². The van der Waals surface area contributed by atoms with Gasteiger partial charge in [-0.3, -0.25) is 4.79 Å². The molecule has 4 N–H and O–H groups in total. The minimum Gasteiger partial charge on any atom is -0.396 e. The first-order valence-corrected chi connectivity index (χ1v) is 6.12. The average molecular weight is 267 g/mol. The summed E-state index contributed by atoms with van der Waals surface area (Å²) in [6, 6.07) is 0. The molecular weight excluding hydrogens is 240 g/mol. The molecule has 0 rings (SSSR count). The van der Waals surface area contributed by atoms with E-state index >= 15 is 0 Å². The van der Waals surface area contributed by atoms with Gasteiger partial charge in [0.1, 0.15) is 0 Å². The number of hydrogen-bond donors (Lipinski definition) is 3. The summed E-state index contributed by atoms with van der Waals surface area (Å²) >= 11 is 0. The molecule has 2 unspecified atom stereocenters. The Morgan fingerprint density at radius 3 is 2.59 bits per heavy atom. The van der Waals surface area contributed by atoms with Gasteiger partial charge in [-0.25, -0.2) is 0 Å². The Kier molecular flexibility index (Phi) is 10.8. The first kappa shape index (κ1) is 19.0. The van der Waals surface area contributed by atoms with Crippen molar-refractivity contribution in [2.24, 2.45) is 11.7 Å². The summed E-state index contributed by atoms with van der Waals surface area (Å²) in [5.41, 5.74) is 5.13. The van der Waals surface area contributed by atoms with Gasteiger partial charge >= 0.3 is 0 Å². The van der Waals surface area contributed by atoms with Crippen LogP contribution in [-0.4, -0.2) is 29.7 Å². The summed E-state index contributed by atoms with van der Waals surface area (Å²) < 4.78 is 0. The molecule has 0 saturated heterocycles. The molecule has 0 spiro atoms. The van der Waals surface area contributed by atoms with Crippen LogP contribution in [0.3, 0.4) is 0 Å². The zero-order valence-electron chi connectivity index (χ0n) is 11.2. The van der Waals surface area contributed by atoms with Crippen LogP contribution in [0.25, 0.3) is 0 Å². The van der Waals surface area contributed by atoms with Crippen molar-refractivity contribution in [3.63, 3.8) is 0 Å². The molecule has 0 fully saturated rings. The largest absolute Gasteiger partial charge is 0.396 e. The third kappa shape index (κ3) is 8.41. The fourth-order valence-electron chi connectivity index (χ4n) is 1.58. The Bertz CT molecular complexity index is 211. The number of nitrogens with one attached hydrogen (secondary N) is 1. The molecular formula is C12H27ClN2O2. The second-order valence-electron chi connectivity index (χ2n) is 4.85. The third-order valence-corrected chi connectivity index (χ3v) is 2.76. The Labute approximate surface area is 111 Å². The number of rotatable bonds is 8. The van der Waals surface area contributed by atoms with Crippen LogP contribution in [0.4, 0.5) is 0 Å². The number of carbonyl (C=O) groups is 1. The second-order valence-corrected chi connectivity index (χ2v) is 4.85. The van der Waals surface area contributed by atoms with E-state index in [2.05, 4.69) is 5.32 Å². The highest BCUT2D eigenvalue weighted by atomic mass is 35.5. The lowest BCUT2D eigenvalue weighted by atomic mass is 9.96.